The highest BCUT2D eigenvalue weighted by atomic mass is 16.7. The maximum Gasteiger partial charge on any atom is 0.259 e. The molecule has 0 aliphatic heterocycles. The summed E-state index contributed by atoms with van der Waals surface area (Å²) in [5, 5.41) is 0. The summed E-state index contributed by atoms with van der Waals surface area (Å²) in [6.45, 7) is 1.80. The predicted octanol–water partition coefficient (Wildman–Crippen LogP) is 3.20. The van der Waals surface area contributed by atoms with Crippen molar-refractivity contribution in [2.24, 2.45) is 0 Å². The molecule has 0 fully saturated rings. The van der Waals surface area contributed by atoms with E-state index in [0.717, 1.165) is 5.56 Å². The van der Waals surface area contributed by atoms with Gasteiger partial charge in [-0.2, -0.15) is 0 Å². The first-order chi connectivity index (χ1) is 9.25. The van der Waals surface area contributed by atoms with E-state index in [1.165, 1.54) is 6.92 Å². The van der Waals surface area contributed by atoms with Crippen LogP contribution in [0.15, 0.2) is 60.7 Å². The Morgan fingerprint density at radius 3 is 2.16 bits per heavy atom. The van der Waals surface area contributed by atoms with Crippen molar-refractivity contribution >= 4 is 5.78 Å². The molecule has 1 atom stereocenters. The lowest BCUT2D eigenvalue weighted by Gasteiger charge is -2.17. The maximum atomic E-state index is 11.5. The van der Waals surface area contributed by atoms with E-state index in [9.17, 15) is 4.79 Å². The van der Waals surface area contributed by atoms with E-state index in [1.54, 1.807) is 12.1 Å². The lowest BCUT2D eigenvalue weighted by Crippen LogP contribution is -2.28. The molecule has 0 radical (unpaired) electrons. The van der Waals surface area contributed by atoms with Crippen LogP contribution in [-0.4, -0.2) is 12.1 Å². The minimum Gasteiger partial charge on any atom is -0.457 e. The number of hydrogen-bond acceptors (Lipinski definition) is 3. The Morgan fingerprint density at radius 1 is 1.00 bits per heavy atom. The number of ether oxygens (including phenoxy) is 2. The minimum absolute atomic E-state index is 0.153. The molecule has 19 heavy (non-hydrogen) atoms. The predicted molar refractivity (Wildman–Crippen MR) is 72.8 cm³/mol. The third-order valence-electron chi connectivity index (χ3n) is 2.56. The molecule has 1 unspecified atom stereocenters. The Kier molecular flexibility index (Phi) is 4.70. The van der Waals surface area contributed by atoms with E-state index < -0.39 is 6.29 Å². The molecule has 0 saturated heterocycles. The van der Waals surface area contributed by atoms with Crippen LogP contribution in [0.5, 0.6) is 5.75 Å². The summed E-state index contributed by atoms with van der Waals surface area (Å²) in [6.07, 6.45) is -0.873. The topological polar surface area (TPSA) is 35.5 Å². The molecule has 98 valence electrons. The van der Waals surface area contributed by atoms with Gasteiger partial charge in [-0.05, 0) is 17.7 Å². The van der Waals surface area contributed by atoms with Gasteiger partial charge in [0.1, 0.15) is 5.75 Å². The van der Waals surface area contributed by atoms with Crippen molar-refractivity contribution in [3.05, 3.63) is 66.2 Å². The van der Waals surface area contributed by atoms with E-state index in [0.29, 0.717) is 12.4 Å². The van der Waals surface area contributed by atoms with Crippen molar-refractivity contribution in [2.45, 2.75) is 19.8 Å². The van der Waals surface area contributed by atoms with Crippen LogP contribution < -0.4 is 4.74 Å². The Balaban J connectivity index is 1.95. The molecule has 2 rings (SSSR count). The second kappa shape index (κ2) is 6.71. The van der Waals surface area contributed by atoms with Gasteiger partial charge in [0.05, 0.1) is 6.61 Å². The van der Waals surface area contributed by atoms with Crippen LogP contribution in [0.1, 0.15) is 12.5 Å². The first-order valence-corrected chi connectivity index (χ1v) is 6.13. The van der Waals surface area contributed by atoms with Crippen LogP contribution in [0.3, 0.4) is 0 Å². The van der Waals surface area contributed by atoms with E-state index >= 15 is 0 Å². The summed E-state index contributed by atoms with van der Waals surface area (Å²) in [6, 6.07) is 18.9. The zero-order chi connectivity index (χ0) is 13.5. The summed E-state index contributed by atoms with van der Waals surface area (Å²) < 4.78 is 11.0. The Labute approximate surface area is 112 Å². The maximum absolute atomic E-state index is 11.5. The number of Topliss-reactive ketones (excluding diaryl/α,β-unsaturated/α-hetero) is 1. The third-order valence-corrected chi connectivity index (χ3v) is 2.56. The molecular formula is C16H16O3. The number of carbonyl (C=O) groups excluding carboxylic acids is 1. The van der Waals surface area contributed by atoms with Gasteiger partial charge in [0.25, 0.3) is 6.29 Å². The van der Waals surface area contributed by atoms with Gasteiger partial charge in [0.15, 0.2) is 5.78 Å². The molecule has 2 aromatic rings. The van der Waals surface area contributed by atoms with Gasteiger partial charge in [-0.3, -0.25) is 4.79 Å². The van der Waals surface area contributed by atoms with Gasteiger partial charge in [-0.15, -0.1) is 0 Å². The Hall–Kier alpha value is -2.13. The minimum atomic E-state index is -0.873. The van der Waals surface area contributed by atoms with Crippen molar-refractivity contribution in [1.82, 2.24) is 0 Å². The molecule has 0 aliphatic carbocycles. The normalized spacial score (nSPS) is 11.8. The van der Waals surface area contributed by atoms with Crippen LogP contribution in [0.2, 0.25) is 0 Å². The van der Waals surface area contributed by atoms with Gasteiger partial charge in [0.2, 0.25) is 0 Å². The molecule has 0 amide bonds. The van der Waals surface area contributed by atoms with Gasteiger partial charge >= 0.3 is 0 Å². The Bertz CT molecular complexity index is 508. The molecule has 0 N–H and O–H groups in total. The molecule has 0 heterocycles. The monoisotopic (exact) mass is 256 g/mol. The van der Waals surface area contributed by atoms with Gasteiger partial charge in [-0.25, -0.2) is 0 Å². The zero-order valence-corrected chi connectivity index (χ0v) is 10.8. The SMILES string of the molecule is CC(=O)C(OCc1ccccc1)Oc1ccccc1. The number of carbonyl (C=O) groups is 1. The van der Waals surface area contributed by atoms with Crippen molar-refractivity contribution in [2.75, 3.05) is 0 Å². The molecule has 0 aromatic heterocycles. The fourth-order valence-corrected chi connectivity index (χ4v) is 1.60. The molecule has 0 spiro atoms. The lowest BCUT2D eigenvalue weighted by molar-refractivity contribution is -0.150. The average molecular weight is 256 g/mol. The first-order valence-electron chi connectivity index (χ1n) is 6.13. The summed E-state index contributed by atoms with van der Waals surface area (Å²) in [4.78, 5) is 11.5. The molecule has 2 aromatic carbocycles. The molecule has 0 bridgehead atoms. The average Bonchev–Trinajstić information content (AvgIpc) is 2.45. The number of rotatable bonds is 6. The van der Waals surface area contributed by atoms with Crippen molar-refractivity contribution in [1.29, 1.82) is 0 Å². The second-order valence-corrected chi connectivity index (χ2v) is 4.17. The molecule has 3 nitrogen and oxygen atoms in total. The fourth-order valence-electron chi connectivity index (χ4n) is 1.60. The van der Waals surface area contributed by atoms with Gasteiger partial charge in [-0.1, -0.05) is 48.5 Å². The van der Waals surface area contributed by atoms with Crippen LogP contribution in [0.4, 0.5) is 0 Å². The van der Waals surface area contributed by atoms with Gasteiger partial charge in [0, 0.05) is 6.92 Å². The van der Waals surface area contributed by atoms with Crippen molar-refractivity contribution < 1.29 is 14.3 Å². The first kappa shape index (κ1) is 13.3. The quantitative estimate of drug-likeness (QED) is 0.744. The van der Waals surface area contributed by atoms with Gasteiger partial charge < -0.3 is 9.47 Å². The highest BCUT2D eigenvalue weighted by Gasteiger charge is 2.16. The summed E-state index contributed by atoms with van der Waals surface area (Å²) >= 11 is 0. The number of benzene rings is 2. The molecule has 0 saturated carbocycles. The highest BCUT2D eigenvalue weighted by Crippen LogP contribution is 2.13. The van der Waals surface area contributed by atoms with Crippen LogP contribution in [-0.2, 0) is 16.1 Å². The van der Waals surface area contributed by atoms with E-state index in [-0.39, 0.29) is 5.78 Å². The standard InChI is InChI=1S/C16H16O3/c1-13(17)16(19-15-10-6-3-7-11-15)18-12-14-8-4-2-5-9-14/h2-11,16H,12H2,1H3. The molecular weight excluding hydrogens is 240 g/mol. The lowest BCUT2D eigenvalue weighted by atomic mass is 10.2. The summed E-state index contributed by atoms with van der Waals surface area (Å²) in [5.41, 5.74) is 1.01. The van der Waals surface area contributed by atoms with E-state index in [1.807, 2.05) is 48.5 Å². The highest BCUT2D eigenvalue weighted by molar-refractivity contribution is 5.79. The van der Waals surface area contributed by atoms with Crippen LogP contribution in [0.25, 0.3) is 0 Å². The fraction of sp³-hybridized carbons (Fsp3) is 0.188. The largest absolute Gasteiger partial charge is 0.457 e. The van der Waals surface area contributed by atoms with Crippen molar-refractivity contribution in [3.63, 3.8) is 0 Å². The number of hydrogen-bond donors (Lipinski definition) is 0. The molecule has 3 heteroatoms. The van der Waals surface area contributed by atoms with Crippen LogP contribution in [0, 0.1) is 0 Å². The van der Waals surface area contributed by atoms with E-state index in [4.69, 9.17) is 9.47 Å². The number of ketones is 1. The Morgan fingerprint density at radius 2 is 1.58 bits per heavy atom. The number of para-hydroxylation sites is 1. The summed E-state index contributed by atoms with van der Waals surface area (Å²) in [5.74, 6) is 0.468. The second-order valence-electron chi connectivity index (χ2n) is 4.17. The molecule has 0 aliphatic rings. The van der Waals surface area contributed by atoms with Crippen LogP contribution >= 0.6 is 0 Å². The van der Waals surface area contributed by atoms with Crippen molar-refractivity contribution in [3.8, 4) is 5.75 Å². The summed E-state index contributed by atoms with van der Waals surface area (Å²) in [7, 11) is 0. The van der Waals surface area contributed by atoms with E-state index in [2.05, 4.69) is 0 Å². The third kappa shape index (κ3) is 4.23. The smallest absolute Gasteiger partial charge is 0.259 e. The zero-order valence-electron chi connectivity index (χ0n) is 10.8.